The molecule has 1 aliphatic heterocycles. The highest BCUT2D eigenvalue weighted by atomic mass is 19.4. The van der Waals surface area contributed by atoms with Crippen LogP contribution in [0.1, 0.15) is 37.4 Å². The summed E-state index contributed by atoms with van der Waals surface area (Å²) in [4.78, 5) is 45.1. The largest absolute Gasteiger partial charge is 0.483 e. The Kier molecular flexibility index (Phi) is 7.16. The van der Waals surface area contributed by atoms with Gasteiger partial charge in [0.1, 0.15) is 23.9 Å². The molecule has 0 saturated carbocycles. The molecule has 1 aromatic carbocycles. The fourth-order valence-corrected chi connectivity index (χ4v) is 4.25. The van der Waals surface area contributed by atoms with E-state index in [-0.39, 0.29) is 41.6 Å². The van der Waals surface area contributed by atoms with Gasteiger partial charge in [-0.25, -0.2) is 14.8 Å². The predicted molar refractivity (Wildman–Crippen MR) is 131 cm³/mol. The summed E-state index contributed by atoms with van der Waals surface area (Å²) in [6.07, 6.45) is -4.60. The number of amides is 2. The molecule has 14 heteroatoms. The number of anilines is 2. The van der Waals surface area contributed by atoms with Crippen LogP contribution in [0.25, 0.3) is 11.0 Å². The fourth-order valence-electron chi connectivity index (χ4n) is 4.25. The molecule has 2 aromatic heterocycles. The van der Waals surface area contributed by atoms with E-state index in [1.54, 1.807) is 6.92 Å². The van der Waals surface area contributed by atoms with E-state index in [0.717, 1.165) is 12.1 Å². The second-order valence-corrected chi connectivity index (χ2v) is 8.98. The first-order valence-corrected chi connectivity index (χ1v) is 11.6. The maximum Gasteiger partial charge on any atom is 0.416 e. The number of benzene rings is 1. The van der Waals surface area contributed by atoms with Gasteiger partial charge in [-0.2, -0.15) is 13.2 Å². The lowest BCUT2D eigenvalue weighted by Gasteiger charge is -2.20. The lowest BCUT2D eigenvalue weighted by Crippen LogP contribution is -2.31. The molecule has 2 amide bonds. The van der Waals surface area contributed by atoms with E-state index in [1.165, 1.54) is 41.9 Å². The van der Waals surface area contributed by atoms with Gasteiger partial charge < -0.3 is 25.4 Å². The number of ether oxygens (including phenoxy) is 1. The van der Waals surface area contributed by atoms with Crippen molar-refractivity contribution >= 4 is 34.5 Å². The third-order valence-corrected chi connectivity index (χ3v) is 6.14. The average molecular weight is 534 g/mol. The predicted octanol–water partition coefficient (Wildman–Crippen LogP) is 3.61. The number of rotatable bonds is 6. The van der Waals surface area contributed by atoms with Crippen LogP contribution >= 0.6 is 0 Å². The number of nitrogens with zero attached hydrogens (tertiary/aromatic N) is 4. The number of hydrogen-bond acceptors (Lipinski definition) is 7. The number of nitrogens with one attached hydrogen (secondary N) is 2. The Morgan fingerprint density at radius 3 is 2.58 bits per heavy atom. The highest BCUT2D eigenvalue weighted by Gasteiger charge is 2.32. The molecule has 38 heavy (non-hydrogen) atoms. The monoisotopic (exact) mass is 534 g/mol. The van der Waals surface area contributed by atoms with E-state index in [2.05, 4.69) is 20.6 Å². The second kappa shape index (κ2) is 10.2. The number of carboxylic acid groups (broad SMARTS) is 1. The van der Waals surface area contributed by atoms with Gasteiger partial charge in [0.05, 0.1) is 23.5 Å². The molecule has 1 saturated heterocycles. The van der Waals surface area contributed by atoms with Crippen molar-refractivity contribution in [1.82, 2.24) is 19.4 Å². The lowest BCUT2D eigenvalue weighted by atomic mass is 10.0. The van der Waals surface area contributed by atoms with Gasteiger partial charge in [-0.3, -0.25) is 14.2 Å². The number of pyridine rings is 1. The van der Waals surface area contributed by atoms with Crippen molar-refractivity contribution in [2.24, 2.45) is 7.05 Å². The minimum absolute atomic E-state index is 0.00595. The summed E-state index contributed by atoms with van der Waals surface area (Å²) in [5.74, 6) is -0.311. The molecular weight excluding hydrogens is 509 g/mol. The number of carbonyl (C=O) groups is 2. The maximum absolute atomic E-state index is 13.5. The van der Waals surface area contributed by atoms with E-state index in [0.29, 0.717) is 11.8 Å². The zero-order valence-corrected chi connectivity index (χ0v) is 20.7. The number of aromatic nitrogens is 3. The number of halogens is 3. The fraction of sp³-hybridized carbons (Fsp3) is 0.375. The van der Waals surface area contributed by atoms with E-state index in [4.69, 9.17) is 9.84 Å². The van der Waals surface area contributed by atoms with Crippen molar-refractivity contribution in [2.45, 2.75) is 38.6 Å². The Hall–Kier alpha value is -4.36. The molecule has 0 spiro atoms. The minimum atomic E-state index is -4.63. The Morgan fingerprint density at radius 1 is 1.21 bits per heavy atom. The topological polar surface area (TPSA) is 139 Å². The van der Waals surface area contributed by atoms with Crippen molar-refractivity contribution in [2.75, 3.05) is 23.7 Å². The molecule has 0 aliphatic carbocycles. The molecule has 0 unspecified atom stereocenters. The summed E-state index contributed by atoms with van der Waals surface area (Å²) in [6, 6.07) is 3.99. The normalized spacial score (nSPS) is 16.4. The SMILES string of the molecule is CC(=O)Nc1cc([C@@H](C)Nc2ncnc3c2cc(O[C@H]2CCN(C(=O)O)C2)c(=O)n3C)cc(C(F)(F)F)c1. The molecule has 4 rings (SSSR count). The van der Waals surface area contributed by atoms with Crippen LogP contribution in [0.15, 0.2) is 35.4 Å². The molecular formula is C24H25F3N6O5. The Balaban J connectivity index is 1.68. The van der Waals surface area contributed by atoms with E-state index in [1.807, 2.05) is 0 Å². The number of alkyl halides is 3. The van der Waals surface area contributed by atoms with Crippen molar-refractivity contribution in [1.29, 1.82) is 0 Å². The summed E-state index contributed by atoms with van der Waals surface area (Å²) in [5, 5.41) is 15.0. The molecule has 3 aromatic rings. The maximum atomic E-state index is 13.5. The van der Waals surface area contributed by atoms with Crippen molar-refractivity contribution in [3.8, 4) is 5.75 Å². The third kappa shape index (κ3) is 5.63. The van der Waals surface area contributed by atoms with Gasteiger partial charge >= 0.3 is 12.3 Å². The van der Waals surface area contributed by atoms with E-state index >= 15 is 0 Å². The number of hydrogen-bond donors (Lipinski definition) is 3. The summed E-state index contributed by atoms with van der Waals surface area (Å²) in [7, 11) is 1.49. The van der Waals surface area contributed by atoms with Crippen LogP contribution in [0, 0.1) is 0 Å². The summed E-state index contributed by atoms with van der Waals surface area (Å²) in [5.41, 5.74) is -0.926. The van der Waals surface area contributed by atoms with E-state index in [9.17, 15) is 27.6 Å². The standard InChI is InChI=1S/C24H25F3N6O5/c1-12(14-6-15(24(25,26)27)8-16(7-14)31-13(2)34)30-20-18-9-19(22(35)32(3)21(18)29-11-28-20)38-17-4-5-33(10-17)23(36)37/h6-9,11-12,17H,4-5,10H2,1-3H3,(H,31,34)(H,36,37)(H,28,29,30)/t12-,17+/m1/s1. The molecule has 3 heterocycles. The smallest absolute Gasteiger partial charge is 0.416 e. The van der Waals surface area contributed by atoms with Crippen LogP contribution in [0.5, 0.6) is 5.75 Å². The number of fused-ring (bicyclic) bond motifs is 1. The second-order valence-electron chi connectivity index (χ2n) is 8.98. The highest BCUT2D eigenvalue weighted by Crippen LogP contribution is 2.34. The molecule has 202 valence electrons. The Morgan fingerprint density at radius 2 is 1.95 bits per heavy atom. The third-order valence-electron chi connectivity index (χ3n) is 6.14. The van der Waals surface area contributed by atoms with Crippen molar-refractivity contribution in [3.05, 3.63) is 52.1 Å². The Labute approximate surface area is 214 Å². The van der Waals surface area contributed by atoms with Crippen LogP contribution in [0.3, 0.4) is 0 Å². The average Bonchev–Trinajstić information content (AvgIpc) is 3.30. The summed E-state index contributed by atoms with van der Waals surface area (Å²) in [6.45, 7) is 3.21. The van der Waals surface area contributed by atoms with Gasteiger partial charge in [0.25, 0.3) is 5.56 Å². The highest BCUT2D eigenvalue weighted by molar-refractivity contribution is 5.89. The number of likely N-dealkylation sites (tertiary alicyclic amines) is 1. The number of aryl methyl sites for hydroxylation is 1. The van der Waals surface area contributed by atoms with Gasteiger partial charge in [0, 0.05) is 38.7 Å². The van der Waals surface area contributed by atoms with Gasteiger partial charge in [0.2, 0.25) is 5.91 Å². The van der Waals surface area contributed by atoms with Gasteiger partial charge in [0.15, 0.2) is 5.75 Å². The quantitative estimate of drug-likeness (QED) is 0.436. The zero-order chi connectivity index (χ0) is 27.8. The van der Waals surface area contributed by atoms with Crippen LogP contribution in [-0.2, 0) is 18.0 Å². The first kappa shape index (κ1) is 26.7. The molecule has 2 atom stereocenters. The van der Waals surface area contributed by atoms with Gasteiger partial charge in [-0.05, 0) is 30.7 Å². The van der Waals surface area contributed by atoms with Crippen LogP contribution < -0.4 is 20.9 Å². The van der Waals surface area contributed by atoms with Crippen LogP contribution in [0.4, 0.5) is 29.5 Å². The first-order chi connectivity index (χ1) is 17.8. The van der Waals surface area contributed by atoms with E-state index < -0.39 is 41.4 Å². The molecule has 1 aliphatic rings. The van der Waals surface area contributed by atoms with Gasteiger partial charge in [-0.1, -0.05) is 0 Å². The molecule has 1 fully saturated rings. The summed E-state index contributed by atoms with van der Waals surface area (Å²) < 4.78 is 47.6. The zero-order valence-electron chi connectivity index (χ0n) is 20.7. The minimum Gasteiger partial charge on any atom is -0.483 e. The number of carbonyl (C=O) groups excluding carboxylic acids is 1. The summed E-state index contributed by atoms with van der Waals surface area (Å²) >= 11 is 0. The van der Waals surface area contributed by atoms with Crippen molar-refractivity contribution in [3.63, 3.8) is 0 Å². The van der Waals surface area contributed by atoms with Crippen LogP contribution in [-0.4, -0.2) is 55.7 Å². The first-order valence-electron chi connectivity index (χ1n) is 11.6. The lowest BCUT2D eigenvalue weighted by molar-refractivity contribution is -0.137. The molecule has 11 nitrogen and oxygen atoms in total. The molecule has 0 bridgehead atoms. The molecule has 0 radical (unpaired) electrons. The van der Waals surface area contributed by atoms with Crippen LogP contribution in [0.2, 0.25) is 0 Å². The Bertz CT molecular complexity index is 1460. The van der Waals surface area contributed by atoms with Gasteiger partial charge in [-0.15, -0.1) is 0 Å². The molecule has 3 N–H and O–H groups in total. The van der Waals surface area contributed by atoms with Crippen molar-refractivity contribution < 1.29 is 32.6 Å².